The minimum absolute atomic E-state index is 0.0386. The van der Waals surface area contributed by atoms with Gasteiger partial charge in [-0.25, -0.2) is 8.42 Å². The van der Waals surface area contributed by atoms with E-state index in [4.69, 9.17) is 9.84 Å². The normalized spacial score (nSPS) is 11.1. The van der Waals surface area contributed by atoms with Gasteiger partial charge in [0.2, 0.25) is 0 Å². The van der Waals surface area contributed by atoms with Crippen LogP contribution in [-0.2, 0) is 21.2 Å². The second kappa shape index (κ2) is 8.05. The van der Waals surface area contributed by atoms with E-state index < -0.39 is 21.6 Å². The van der Waals surface area contributed by atoms with Gasteiger partial charge >= 0.3 is 5.97 Å². The lowest BCUT2D eigenvalue weighted by atomic mass is 10.0. The minimum Gasteiger partial charge on any atom is -0.489 e. The first kappa shape index (κ1) is 18.7. The van der Waals surface area contributed by atoms with E-state index in [2.05, 4.69) is 0 Å². The van der Waals surface area contributed by atoms with E-state index >= 15 is 0 Å². The van der Waals surface area contributed by atoms with Crippen molar-refractivity contribution >= 4 is 15.8 Å². The molecule has 138 valence electrons. The molecule has 0 atom stereocenters. The molecule has 0 aliphatic carbocycles. The lowest BCUT2D eigenvalue weighted by Crippen LogP contribution is -2.15. The van der Waals surface area contributed by atoms with Gasteiger partial charge in [-0.15, -0.1) is 0 Å². The fraction of sp³-hybridized carbons (Fsp3) is 0.0952. The van der Waals surface area contributed by atoms with Crippen LogP contribution in [0.2, 0.25) is 0 Å². The molecule has 0 aliphatic heterocycles. The molecular formula is C21H18O5S. The molecule has 6 heteroatoms. The van der Waals surface area contributed by atoms with Crippen LogP contribution in [0.25, 0.3) is 11.1 Å². The van der Waals surface area contributed by atoms with Crippen LogP contribution in [0.15, 0.2) is 83.8 Å². The highest BCUT2D eigenvalue weighted by Crippen LogP contribution is 2.22. The lowest BCUT2D eigenvalue weighted by Gasteiger charge is -2.09. The summed E-state index contributed by atoms with van der Waals surface area (Å²) in [5.74, 6) is -1.80. The van der Waals surface area contributed by atoms with Crippen molar-refractivity contribution in [2.45, 2.75) is 11.5 Å². The van der Waals surface area contributed by atoms with Crippen LogP contribution in [-0.4, -0.2) is 25.2 Å². The maximum absolute atomic E-state index is 11.9. The average Bonchev–Trinajstić information content (AvgIpc) is 2.67. The number of hydrogen-bond acceptors (Lipinski definition) is 4. The van der Waals surface area contributed by atoms with Crippen LogP contribution in [0.1, 0.15) is 5.56 Å². The summed E-state index contributed by atoms with van der Waals surface area (Å²) in [4.78, 5) is 10.6. The summed E-state index contributed by atoms with van der Waals surface area (Å²) in [5.41, 5.74) is 3.19. The summed E-state index contributed by atoms with van der Waals surface area (Å²) < 4.78 is 29.5. The highest BCUT2D eigenvalue weighted by molar-refractivity contribution is 7.92. The van der Waals surface area contributed by atoms with E-state index in [-0.39, 0.29) is 4.90 Å². The molecule has 0 aliphatic rings. The SMILES string of the molecule is O=C(O)CS(=O)(=O)c1ccc(OCc2cccc(-c3ccccc3)c2)cc1. The first-order valence-corrected chi connectivity index (χ1v) is 9.91. The van der Waals surface area contributed by atoms with E-state index in [0.717, 1.165) is 16.7 Å². The van der Waals surface area contributed by atoms with Gasteiger partial charge in [-0.1, -0.05) is 48.5 Å². The zero-order chi connectivity index (χ0) is 19.3. The minimum atomic E-state index is -3.83. The number of rotatable bonds is 7. The van der Waals surface area contributed by atoms with Crippen LogP contribution in [0.4, 0.5) is 0 Å². The van der Waals surface area contributed by atoms with Gasteiger partial charge in [-0.2, -0.15) is 0 Å². The molecule has 0 aromatic heterocycles. The quantitative estimate of drug-likeness (QED) is 0.672. The summed E-state index contributed by atoms with van der Waals surface area (Å²) in [5, 5.41) is 8.68. The molecule has 0 heterocycles. The molecule has 1 N–H and O–H groups in total. The lowest BCUT2D eigenvalue weighted by molar-refractivity contribution is -0.134. The molecule has 0 unspecified atom stereocenters. The first-order valence-electron chi connectivity index (χ1n) is 8.26. The Kier molecular flexibility index (Phi) is 5.57. The molecule has 3 aromatic rings. The van der Waals surface area contributed by atoms with E-state index in [1.54, 1.807) is 0 Å². The predicted molar refractivity (Wildman–Crippen MR) is 102 cm³/mol. The largest absolute Gasteiger partial charge is 0.489 e. The van der Waals surface area contributed by atoms with E-state index in [1.165, 1.54) is 24.3 Å². The monoisotopic (exact) mass is 382 g/mol. The molecular weight excluding hydrogens is 364 g/mol. The van der Waals surface area contributed by atoms with Gasteiger partial charge in [0.25, 0.3) is 0 Å². The van der Waals surface area contributed by atoms with Crippen LogP contribution >= 0.6 is 0 Å². The van der Waals surface area contributed by atoms with Crippen LogP contribution < -0.4 is 4.74 Å². The fourth-order valence-electron chi connectivity index (χ4n) is 2.63. The molecule has 0 fully saturated rings. The second-order valence-corrected chi connectivity index (χ2v) is 7.97. The van der Waals surface area contributed by atoms with Gasteiger partial charge < -0.3 is 9.84 Å². The topological polar surface area (TPSA) is 80.7 Å². The molecule has 3 rings (SSSR count). The third-order valence-corrected chi connectivity index (χ3v) is 5.55. The molecule has 3 aromatic carbocycles. The van der Waals surface area contributed by atoms with E-state index in [1.807, 2.05) is 54.6 Å². The Morgan fingerprint density at radius 2 is 1.52 bits per heavy atom. The van der Waals surface area contributed by atoms with Gasteiger partial charge in [0.1, 0.15) is 12.4 Å². The molecule has 0 radical (unpaired) electrons. The van der Waals surface area contributed by atoms with Gasteiger partial charge in [-0.05, 0) is 47.0 Å². The number of benzene rings is 3. The second-order valence-electron chi connectivity index (χ2n) is 5.98. The van der Waals surface area contributed by atoms with Gasteiger partial charge in [0.15, 0.2) is 15.6 Å². The van der Waals surface area contributed by atoms with Crippen LogP contribution in [0.5, 0.6) is 5.75 Å². The molecule has 0 saturated carbocycles. The van der Waals surface area contributed by atoms with E-state index in [0.29, 0.717) is 12.4 Å². The number of ether oxygens (including phenoxy) is 1. The summed E-state index contributed by atoms with van der Waals surface area (Å²) in [6.45, 7) is 0.335. The summed E-state index contributed by atoms with van der Waals surface area (Å²) >= 11 is 0. The summed E-state index contributed by atoms with van der Waals surface area (Å²) in [6, 6.07) is 23.8. The highest BCUT2D eigenvalue weighted by atomic mass is 32.2. The molecule has 0 amide bonds. The Morgan fingerprint density at radius 3 is 2.19 bits per heavy atom. The van der Waals surface area contributed by atoms with Crippen molar-refractivity contribution in [3.63, 3.8) is 0 Å². The van der Waals surface area contributed by atoms with Crippen molar-refractivity contribution in [1.29, 1.82) is 0 Å². The smallest absolute Gasteiger partial charge is 0.319 e. The average molecular weight is 382 g/mol. The van der Waals surface area contributed by atoms with Gasteiger partial charge in [0.05, 0.1) is 4.90 Å². The zero-order valence-electron chi connectivity index (χ0n) is 14.4. The molecule has 27 heavy (non-hydrogen) atoms. The van der Waals surface area contributed by atoms with Crippen LogP contribution in [0, 0.1) is 0 Å². The van der Waals surface area contributed by atoms with Crippen molar-refractivity contribution in [3.8, 4) is 16.9 Å². The number of aliphatic carboxylic acids is 1. The molecule has 0 bridgehead atoms. The third-order valence-electron chi connectivity index (χ3n) is 3.94. The van der Waals surface area contributed by atoms with Gasteiger partial charge in [-0.3, -0.25) is 4.79 Å². The summed E-state index contributed by atoms with van der Waals surface area (Å²) in [7, 11) is -3.83. The fourth-order valence-corrected chi connectivity index (χ4v) is 3.67. The Morgan fingerprint density at radius 1 is 0.852 bits per heavy atom. The predicted octanol–water partition coefficient (Wildman–Crippen LogP) is 3.79. The van der Waals surface area contributed by atoms with Crippen molar-refractivity contribution in [2.24, 2.45) is 0 Å². The number of carbonyl (C=O) groups is 1. The standard InChI is InChI=1S/C21H18O5S/c22-21(23)15-27(24,25)20-11-9-19(10-12-20)26-14-16-5-4-8-18(13-16)17-6-2-1-3-7-17/h1-13H,14-15H2,(H,22,23). The summed E-state index contributed by atoms with van der Waals surface area (Å²) in [6.07, 6.45) is 0. The Balaban J connectivity index is 1.68. The Labute approximate surface area is 157 Å². The number of hydrogen-bond donors (Lipinski definition) is 1. The van der Waals surface area contributed by atoms with Crippen molar-refractivity contribution < 1.29 is 23.1 Å². The number of carboxylic acid groups (broad SMARTS) is 1. The van der Waals surface area contributed by atoms with Gasteiger partial charge in [0, 0.05) is 0 Å². The molecule has 0 spiro atoms. The maximum atomic E-state index is 11.9. The van der Waals surface area contributed by atoms with Crippen LogP contribution in [0.3, 0.4) is 0 Å². The first-order chi connectivity index (χ1) is 12.9. The van der Waals surface area contributed by atoms with Crippen molar-refractivity contribution in [1.82, 2.24) is 0 Å². The highest BCUT2D eigenvalue weighted by Gasteiger charge is 2.18. The molecule has 0 saturated heterocycles. The number of carboxylic acids is 1. The molecule has 5 nitrogen and oxygen atoms in total. The van der Waals surface area contributed by atoms with E-state index in [9.17, 15) is 13.2 Å². The zero-order valence-corrected chi connectivity index (χ0v) is 15.2. The Hall–Kier alpha value is -3.12. The van der Waals surface area contributed by atoms with Crippen molar-refractivity contribution in [2.75, 3.05) is 5.75 Å². The van der Waals surface area contributed by atoms with Crippen molar-refractivity contribution in [3.05, 3.63) is 84.4 Å². The third kappa shape index (κ3) is 4.95. The number of sulfone groups is 1. The maximum Gasteiger partial charge on any atom is 0.319 e. The Bertz CT molecular complexity index is 1030.